The minimum absolute atomic E-state index is 0.0374. The molecule has 8 heteroatoms. The standard InChI is InChI=1S/C10H7ClF3N3S/c1-16-9(18)17(8(15-16)10(12,13)14)7-4-2-6(11)3-5-7/h2-5H,1H3. The molecule has 0 aliphatic heterocycles. The molecule has 0 radical (unpaired) electrons. The van der Waals surface area contributed by atoms with Gasteiger partial charge in [0.05, 0.1) is 5.69 Å². The summed E-state index contributed by atoms with van der Waals surface area (Å²) in [7, 11) is 1.37. The number of aromatic nitrogens is 3. The average Bonchev–Trinajstić information content (AvgIpc) is 2.57. The SMILES string of the molecule is Cn1nc(C(F)(F)F)n(-c2ccc(Cl)cc2)c1=S. The molecule has 0 fully saturated rings. The molecule has 0 atom stereocenters. The van der Waals surface area contributed by atoms with E-state index < -0.39 is 12.0 Å². The van der Waals surface area contributed by atoms with Crippen molar-refractivity contribution in [2.75, 3.05) is 0 Å². The zero-order chi connectivity index (χ0) is 13.5. The lowest BCUT2D eigenvalue weighted by molar-refractivity contribution is -0.146. The first kappa shape index (κ1) is 13.1. The molecule has 1 heterocycles. The summed E-state index contributed by atoms with van der Waals surface area (Å²) in [5, 5.41) is 3.83. The molecular formula is C10H7ClF3N3S. The van der Waals surface area contributed by atoms with Gasteiger partial charge in [-0.05, 0) is 36.5 Å². The molecule has 1 aromatic carbocycles. The Balaban J connectivity index is 2.70. The quantitative estimate of drug-likeness (QED) is 0.750. The van der Waals surface area contributed by atoms with Gasteiger partial charge in [-0.2, -0.15) is 13.2 Å². The highest BCUT2D eigenvalue weighted by Gasteiger charge is 2.38. The van der Waals surface area contributed by atoms with Crippen LogP contribution in [0.1, 0.15) is 5.82 Å². The van der Waals surface area contributed by atoms with Crippen LogP contribution >= 0.6 is 23.8 Å². The molecule has 0 saturated heterocycles. The second-order valence-corrected chi connectivity index (χ2v) is 4.34. The van der Waals surface area contributed by atoms with Crippen molar-refractivity contribution in [2.45, 2.75) is 6.18 Å². The Morgan fingerprint density at radius 1 is 1.22 bits per heavy atom. The molecule has 2 aromatic rings. The highest BCUT2D eigenvalue weighted by Crippen LogP contribution is 2.30. The van der Waals surface area contributed by atoms with Crippen molar-refractivity contribution >= 4 is 23.8 Å². The van der Waals surface area contributed by atoms with Crippen LogP contribution in [0.3, 0.4) is 0 Å². The van der Waals surface area contributed by atoms with E-state index in [1.54, 1.807) is 0 Å². The van der Waals surface area contributed by atoms with E-state index >= 15 is 0 Å². The van der Waals surface area contributed by atoms with Crippen molar-refractivity contribution < 1.29 is 13.2 Å². The highest BCUT2D eigenvalue weighted by molar-refractivity contribution is 7.71. The van der Waals surface area contributed by atoms with Crippen molar-refractivity contribution in [1.29, 1.82) is 0 Å². The molecule has 0 aliphatic carbocycles. The first-order valence-electron chi connectivity index (χ1n) is 4.80. The van der Waals surface area contributed by atoms with Gasteiger partial charge in [0, 0.05) is 12.1 Å². The van der Waals surface area contributed by atoms with Gasteiger partial charge in [-0.1, -0.05) is 11.6 Å². The monoisotopic (exact) mass is 293 g/mol. The normalized spacial score (nSPS) is 11.8. The molecule has 3 nitrogen and oxygen atoms in total. The Morgan fingerprint density at radius 2 is 1.78 bits per heavy atom. The summed E-state index contributed by atoms with van der Waals surface area (Å²) in [4.78, 5) is 0. The zero-order valence-corrected chi connectivity index (χ0v) is 10.6. The van der Waals surface area contributed by atoms with Crippen molar-refractivity contribution in [3.05, 3.63) is 39.9 Å². The molecular weight excluding hydrogens is 287 g/mol. The van der Waals surface area contributed by atoms with Gasteiger partial charge in [-0.15, -0.1) is 5.10 Å². The summed E-state index contributed by atoms with van der Waals surface area (Å²) in [5.74, 6) is -1.06. The van der Waals surface area contributed by atoms with E-state index in [4.69, 9.17) is 23.8 Å². The van der Waals surface area contributed by atoms with Gasteiger partial charge in [0.2, 0.25) is 10.6 Å². The van der Waals surface area contributed by atoms with Crippen LogP contribution in [-0.4, -0.2) is 14.3 Å². The van der Waals surface area contributed by atoms with Crippen LogP contribution in [0.5, 0.6) is 0 Å². The van der Waals surface area contributed by atoms with Gasteiger partial charge in [0.15, 0.2) is 0 Å². The number of alkyl halides is 3. The maximum atomic E-state index is 12.8. The Hall–Kier alpha value is -1.34. The molecule has 0 spiro atoms. The molecule has 96 valence electrons. The fourth-order valence-electron chi connectivity index (χ4n) is 1.47. The molecule has 18 heavy (non-hydrogen) atoms. The molecule has 0 unspecified atom stereocenters. The highest BCUT2D eigenvalue weighted by atomic mass is 35.5. The molecule has 1 aromatic heterocycles. The second-order valence-electron chi connectivity index (χ2n) is 3.54. The fraction of sp³-hybridized carbons (Fsp3) is 0.200. The van der Waals surface area contributed by atoms with Gasteiger partial charge in [0.1, 0.15) is 0 Å². The lowest BCUT2D eigenvalue weighted by Crippen LogP contribution is -2.14. The van der Waals surface area contributed by atoms with E-state index in [2.05, 4.69) is 5.10 Å². The van der Waals surface area contributed by atoms with Gasteiger partial charge in [0.25, 0.3) is 0 Å². The van der Waals surface area contributed by atoms with E-state index in [0.717, 1.165) is 9.25 Å². The minimum atomic E-state index is -4.57. The maximum absolute atomic E-state index is 12.8. The van der Waals surface area contributed by atoms with Crippen molar-refractivity contribution in [3.8, 4) is 5.69 Å². The minimum Gasteiger partial charge on any atom is -0.264 e. The van der Waals surface area contributed by atoms with Crippen LogP contribution < -0.4 is 0 Å². The molecule has 0 amide bonds. The zero-order valence-electron chi connectivity index (χ0n) is 9.07. The third kappa shape index (κ3) is 2.28. The summed E-state index contributed by atoms with van der Waals surface area (Å²) in [5.41, 5.74) is 0.268. The molecule has 0 saturated carbocycles. The van der Waals surface area contributed by atoms with Crippen LogP contribution in [0.4, 0.5) is 13.2 Å². The number of halogens is 4. The number of aryl methyl sites for hydroxylation is 1. The van der Waals surface area contributed by atoms with Crippen molar-refractivity contribution in [3.63, 3.8) is 0 Å². The van der Waals surface area contributed by atoms with Gasteiger partial charge in [-0.3, -0.25) is 4.57 Å². The fourth-order valence-corrected chi connectivity index (χ4v) is 1.83. The maximum Gasteiger partial charge on any atom is 0.452 e. The van der Waals surface area contributed by atoms with E-state index in [0.29, 0.717) is 5.02 Å². The summed E-state index contributed by atoms with van der Waals surface area (Å²) >= 11 is 10.6. The largest absolute Gasteiger partial charge is 0.452 e. The summed E-state index contributed by atoms with van der Waals surface area (Å²) in [6.45, 7) is 0. The number of benzene rings is 1. The number of nitrogens with zero attached hydrogens (tertiary/aromatic N) is 3. The van der Waals surface area contributed by atoms with E-state index in [1.165, 1.54) is 31.3 Å². The van der Waals surface area contributed by atoms with E-state index in [-0.39, 0.29) is 10.5 Å². The van der Waals surface area contributed by atoms with Gasteiger partial charge >= 0.3 is 6.18 Å². The predicted octanol–water partition coefficient (Wildman–Crippen LogP) is 3.61. The molecule has 0 aliphatic rings. The van der Waals surface area contributed by atoms with Crippen LogP contribution in [0, 0.1) is 4.77 Å². The van der Waals surface area contributed by atoms with Crippen LogP contribution in [0.2, 0.25) is 5.02 Å². The summed E-state index contributed by atoms with van der Waals surface area (Å²) in [6, 6.07) is 5.89. The topological polar surface area (TPSA) is 22.8 Å². The summed E-state index contributed by atoms with van der Waals surface area (Å²) in [6.07, 6.45) is -4.57. The molecule has 0 bridgehead atoms. The van der Waals surface area contributed by atoms with E-state index in [9.17, 15) is 13.2 Å². The first-order valence-corrected chi connectivity index (χ1v) is 5.58. The van der Waals surface area contributed by atoms with Crippen molar-refractivity contribution in [2.24, 2.45) is 7.05 Å². The van der Waals surface area contributed by atoms with Crippen LogP contribution in [-0.2, 0) is 13.2 Å². The molecule has 2 rings (SSSR count). The smallest absolute Gasteiger partial charge is 0.264 e. The molecule has 0 N–H and O–H groups in total. The Bertz CT molecular complexity index is 627. The number of hydrogen-bond acceptors (Lipinski definition) is 2. The van der Waals surface area contributed by atoms with Crippen LogP contribution in [0.15, 0.2) is 24.3 Å². The van der Waals surface area contributed by atoms with E-state index in [1.807, 2.05) is 0 Å². The first-order chi connectivity index (χ1) is 8.30. The third-order valence-electron chi connectivity index (χ3n) is 2.26. The predicted molar refractivity (Wildman–Crippen MR) is 63.4 cm³/mol. The summed E-state index contributed by atoms with van der Waals surface area (Å²) < 4.78 is 40.3. The lowest BCUT2D eigenvalue weighted by atomic mass is 10.3. The Labute approximate surface area is 110 Å². The third-order valence-corrected chi connectivity index (χ3v) is 2.96. The number of rotatable bonds is 1. The Kier molecular flexibility index (Phi) is 3.20. The van der Waals surface area contributed by atoms with Crippen LogP contribution in [0.25, 0.3) is 5.69 Å². The lowest BCUT2D eigenvalue weighted by Gasteiger charge is -2.08. The Morgan fingerprint density at radius 3 is 2.28 bits per heavy atom. The van der Waals surface area contributed by atoms with Gasteiger partial charge < -0.3 is 0 Å². The number of hydrogen-bond donors (Lipinski definition) is 0. The van der Waals surface area contributed by atoms with Crippen molar-refractivity contribution in [1.82, 2.24) is 14.3 Å². The van der Waals surface area contributed by atoms with Gasteiger partial charge in [-0.25, -0.2) is 4.68 Å². The second kappa shape index (κ2) is 4.40. The average molecular weight is 294 g/mol.